The predicted octanol–water partition coefficient (Wildman–Crippen LogP) is 2.42. The number of benzene rings is 1. The first-order valence-corrected chi connectivity index (χ1v) is 10.00. The molecule has 1 aliphatic rings. The number of halogens is 2. The summed E-state index contributed by atoms with van der Waals surface area (Å²) in [5.74, 6) is -1.39. The van der Waals surface area contributed by atoms with E-state index in [0.717, 1.165) is 48.8 Å². The van der Waals surface area contributed by atoms with Gasteiger partial charge in [0.2, 0.25) is 5.91 Å². The second-order valence-corrected chi connectivity index (χ2v) is 7.44. The van der Waals surface area contributed by atoms with Gasteiger partial charge in [0.15, 0.2) is 0 Å². The van der Waals surface area contributed by atoms with Gasteiger partial charge in [-0.15, -0.1) is 0 Å². The molecule has 0 radical (unpaired) electrons. The fraction of sp³-hybridized carbons (Fsp3) is 0.476. The molecule has 1 saturated heterocycles. The maximum Gasteiger partial charge on any atom is 0.254 e. The van der Waals surface area contributed by atoms with Crippen LogP contribution in [0.4, 0.5) is 8.78 Å². The van der Waals surface area contributed by atoms with Crippen molar-refractivity contribution in [3.63, 3.8) is 0 Å². The Kier molecular flexibility index (Phi) is 7.15. The number of aryl methyl sites for hydroxylation is 2. The van der Waals surface area contributed by atoms with Crippen LogP contribution in [0.2, 0.25) is 0 Å². The molecule has 1 N–H and O–H groups in total. The number of hydrogen-bond donors (Lipinski definition) is 1. The minimum atomic E-state index is -0.905. The van der Waals surface area contributed by atoms with Gasteiger partial charge < -0.3 is 14.7 Å². The van der Waals surface area contributed by atoms with Gasteiger partial charge in [0.05, 0.1) is 11.3 Å². The van der Waals surface area contributed by atoms with Gasteiger partial charge in [0.25, 0.3) is 5.91 Å². The van der Waals surface area contributed by atoms with Gasteiger partial charge in [0, 0.05) is 57.3 Å². The van der Waals surface area contributed by atoms with E-state index in [2.05, 4.69) is 15.4 Å². The summed E-state index contributed by atoms with van der Waals surface area (Å²) < 4.78 is 31.7. The molecule has 0 saturated carbocycles. The fourth-order valence-corrected chi connectivity index (χ4v) is 3.48. The summed E-state index contributed by atoms with van der Waals surface area (Å²) in [6.07, 6.45) is 0.753. The molecule has 7 nitrogen and oxygen atoms in total. The van der Waals surface area contributed by atoms with E-state index in [9.17, 15) is 18.4 Å². The summed E-state index contributed by atoms with van der Waals surface area (Å²) >= 11 is 0. The van der Waals surface area contributed by atoms with Gasteiger partial charge >= 0.3 is 0 Å². The average molecular weight is 420 g/mol. The van der Waals surface area contributed by atoms with Crippen LogP contribution in [-0.2, 0) is 11.3 Å². The van der Waals surface area contributed by atoms with Crippen LogP contribution in [0.15, 0.2) is 22.7 Å². The second-order valence-electron chi connectivity index (χ2n) is 7.44. The van der Waals surface area contributed by atoms with Crippen LogP contribution in [0.3, 0.4) is 0 Å². The number of carbonyl (C=O) groups excluding carboxylic acids is 2. The molecule has 9 heteroatoms. The van der Waals surface area contributed by atoms with Crippen molar-refractivity contribution in [2.75, 3.05) is 32.7 Å². The van der Waals surface area contributed by atoms with Crippen LogP contribution in [-0.4, -0.2) is 59.5 Å². The van der Waals surface area contributed by atoms with Gasteiger partial charge in [-0.2, -0.15) is 0 Å². The zero-order valence-electron chi connectivity index (χ0n) is 17.2. The quantitative estimate of drug-likeness (QED) is 0.696. The summed E-state index contributed by atoms with van der Waals surface area (Å²) in [5.41, 5.74) is 1.79. The van der Waals surface area contributed by atoms with Crippen LogP contribution in [0.25, 0.3) is 0 Å². The summed E-state index contributed by atoms with van der Waals surface area (Å²) in [6.45, 7) is 7.67. The Balaban J connectivity index is 1.36. The van der Waals surface area contributed by atoms with E-state index in [0.29, 0.717) is 32.0 Å². The summed E-state index contributed by atoms with van der Waals surface area (Å²) in [5, 5.41) is 6.54. The average Bonchev–Trinajstić information content (AvgIpc) is 3.03. The maximum absolute atomic E-state index is 13.6. The summed E-state index contributed by atoms with van der Waals surface area (Å²) in [6, 6.07) is 2.81. The highest BCUT2D eigenvalue weighted by Crippen LogP contribution is 2.16. The molecule has 2 amide bonds. The molecule has 1 fully saturated rings. The van der Waals surface area contributed by atoms with E-state index in [-0.39, 0.29) is 18.0 Å². The van der Waals surface area contributed by atoms with Crippen LogP contribution >= 0.6 is 0 Å². The van der Waals surface area contributed by atoms with Gasteiger partial charge in [0.1, 0.15) is 17.4 Å². The van der Waals surface area contributed by atoms with Crippen LogP contribution in [0, 0.1) is 25.5 Å². The Morgan fingerprint density at radius 2 is 1.90 bits per heavy atom. The van der Waals surface area contributed by atoms with Gasteiger partial charge in [-0.3, -0.25) is 14.5 Å². The number of aromatic nitrogens is 1. The Labute approximate surface area is 174 Å². The monoisotopic (exact) mass is 420 g/mol. The van der Waals surface area contributed by atoms with Crippen molar-refractivity contribution in [1.29, 1.82) is 0 Å². The number of piperazine rings is 1. The highest BCUT2D eigenvalue weighted by molar-refractivity contribution is 5.94. The Morgan fingerprint density at radius 3 is 2.53 bits per heavy atom. The van der Waals surface area contributed by atoms with Crippen molar-refractivity contribution < 1.29 is 22.9 Å². The second kappa shape index (κ2) is 9.80. The van der Waals surface area contributed by atoms with Crippen LogP contribution in [0.1, 0.15) is 40.2 Å². The third kappa shape index (κ3) is 5.41. The van der Waals surface area contributed by atoms with Crippen LogP contribution in [0.5, 0.6) is 0 Å². The molecule has 2 heterocycles. The lowest BCUT2D eigenvalue weighted by molar-refractivity contribution is -0.133. The first kappa shape index (κ1) is 21.9. The SMILES string of the molecule is Cc1noc(C)c1CN1CCN(C(=O)CCCNC(=O)c2ccc(F)cc2F)CC1. The molecular formula is C21H26F2N4O3. The van der Waals surface area contributed by atoms with Gasteiger partial charge in [-0.25, -0.2) is 8.78 Å². The molecule has 0 unspecified atom stereocenters. The third-order valence-electron chi connectivity index (χ3n) is 5.32. The lowest BCUT2D eigenvalue weighted by Crippen LogP contribution is -2.48. The van der Waals surface area contributed by atoms with E-state index < -0.39 is 17.5 Å². The molecule has 2 aromatic rings. The van der Waals surface area contributed by atoms with Crippen molar-refractivity contribution in [3.05, 3.63) is 52.4 Å². The number of rotatable bonds is 7. The normalized spacial score (nSPS) is 14.7. The molecule has 1 aromatic heterocycles. The topological polar surface area (TPSA) is 78.7 Å². The molecule has 3 rings (SSSR count). The van der Waals surface area contributed by atoms with Gasteiger partial charge in [-0.1, -0.05) is 5.16 Å². The van der Waals surface area contributed by atoms with Gasteiger partial charge in [-0.05, 0) is 32.4 Å². The zero-order chi connectivity index (χ0) is 21.7. The number of carbonyl (C=O) groups is 2. The van der Waals surface area contributed by atoms with E-state index >= 15 is 0 Å². The van der Waals surface area contributed by atoms with Crippen molar-refractivity contribution in [2.45, 2.75) is 33.2 Å². The van der Waals surface area contributed by atoms with Crippen LogP contribution < -0.4 is 5.32 Å². The molecule has 0 bridgehead atoms. The first-order valence-electron chi connectivity index (χ1n) is 10.00. The molecular weight excluding hydrogens is 394 g/mol. The highest BCUT2D eigenvalue weighted by Gasteiger charge is 2.22. The largest absolute Gasteiger partial charge is 0.361 e. The lowest BCUT2D eigenvalue weighted by Gasteiger charge is -2.34. The summed E-state index contributed by atoms with van der Waals surface area (Å²) in [4.78, 5) is 28.5. The van der Waals surface area contributed by atoms with Crippen molar-refractivity contribution in [3.8, 4) is 0 Å². The number of nitrogens with zero attached hydrogens (tertiary/aromatic N) is 3. The molecule has 0 atom stereocenters. The number of amides is 2. The zero-order valence-corrected chi connectivity index (χ0v) is 17.2. The molecule has 1 aliphatic heterocycles. The highest BCUT2D eigenvalue weighted by atomic mass is 19.1. The van der Waals surface area contributed by atoms with E-state index in [1.165, 1.54) is 0 Å². The number of nitrogens with one attached hydrogen (secondary N) is 1. The minimum absolute atomic E-state index is 0.0363. The van der Waals surface area contributed by atoms with Crippen molar-refractivity contribution in [1.82, 2.24) is 20.3 Å². The van der Waals surface area contributed by atoms with Crippen molar-refractivity contribution >= 4 is 11.8 Å². The molecule has 1 aromatic carbocycles. The number of hydrogen-bond acceptors (Lipinski definition) is 5. The Bertz CT molecular complexity index is 888. The minimum Gasteiger partial charge on any atom is -0.361 e. The Morgan fingerprint density at radius 1 is 1.17 bits per heavy atom. The van der Waals surface area contributed by atoms with E-state index in [1.54, 1.807) is 0 Å². The van der Waals surface area contributed by atoms with E-state index in [4.69, 9.17) is 4.52 Å². The lowest BCUT2D eigenvalue weighted by atomic mass is 10.1. The fourth-order valence-electron chi connectivity index (χ4n) is 3.48. The first-order chi connectivity index (χ1) is 14.3. The molecule has 162 valence electrons. The standard InChI is InChI=1S/C21H26F2N4O3/c1-14-18(15(2)30-25-14)13-26-8-10-27(11-9-26)20(28)4-3-7-24-21(29)17-6-5-16(22)12-19(17)23/h5-6,12H,3-4,7-11,13H2,1-2H3,(H,24,29). The van der Waals surface area contributed by atoms with E-state index in [1.807, 2.05) is 18.7 Å². The third-order valence-corrected chi connectivity index (χ3v) is 5.32. The maximum atomic E-state index is 13.6. The summed E-state index contributed by atoms with van der Waals surface area (Å²) in [7, 11) is 0. The molecule has 30 heavy (non-hydrogen) atoms. The van der Waals surface area contributed by atoms with Crippen molar-refractivity contribution in [2.24, 2.45) is 0 Å². The molecule has 0 spiro atoms. The molecule has 0 aliphatic carbocycles. The Hall–Kier alpha value is -2.81. The predicted molar refractivity (Wildman–Crippen MR) is 106 cm³/mol. The smallest absolute Gasteiger partial charge is 0.254 e.